The molecule has 0 radical (unpaired) electrons. The lowest BCUT2D eigenvalue weighted by atomic mass is 9.99. The topological polar surface area (TPSA) is 113 Å². The molecule has 4 aromatic rings. The first-order valence-corrected chi connectivity index (χ1v) is 20.2. The number of anilines is 5. The van der Waals surface area contributed by atoms with Crippen molar-refractivity contribution in [3.63, 3.8) is 0 Å². The van der Waals surface area contributed by atoms with Crippen LogP contribution in [0.4, 0.5) is 28.8 Å². The Hall–Kier alpha value is -3.64. The third kappa shape index (κ3) is 8.06. The quantitative estimate of drug-likeness (QED) is 0.177. The van der Waals surface area contributed by atoms with E-state index in [0.717, 1.165) is 49.7 Å². The Kier molecular flexibility index (Phi) is 10.8. The Morgan fingerprint density at radius 2 is 1.71 bits per heavy atom. The molecule has 0 atom stereocenters. The number of ether oxygens (including phenoxy) is 2. The van der Waals surface area contributed by atoms with Gasteiger partial charge in [0.05, 0.1) is 48.1 Å². The minimum Gasteiger partial charge on any atom is -0.494 e. The van der Waals surface area contributed by atoms with E-state index in [9.17, 15) is 4.57 Å². The van der Waals surface area contributed by atoms with Crippen LogP contribution in [0.1, 0.15) is 25.3 Å². The summed E-state index contributed by atoms with van der Waals surface area (Å²) in [5.41, 5.74) is 4.74. The molecule has 2 aliphatic rings. The predicted molar refractivity (Wildman–Crippen MR) is 202 cm³/mol. The van der Waals surface area contributed by atoms with Crippen LogP contribution >= 0.6 is 23.1 Å². The Morgan fingerprint density at radius 1 is 0.959 bits per heavy atom. The molecule has 0 spiro atoms. The molecule has 2 aromatic heterocycles. The molecule has 2 aromatic carbocycles. The average Bonchev–Trinajstić information content (AvgIpc) is 3.59. The molecular weight excluding hydrogens is 705 g/mol. The Bertz CT molecular complexity index is 1810. The van der Waals surface area contributed by atoms with E-state index >= 15 is 0 Å². The van der Waals surface area contributed by atoms with Gasteiger partial charge in [0.1, 0.15) is 18.7 Å². The number of aryl methyl sites for hydroxylation is 1. The van der Waals surface area contributed by atoms with Gasteiger partial charge in [-0.1, -0.05) is 6.92 Å². The third-order valence-electron chi connectivity index (χ3n) is 9.51. The van der Waals surface area contributed by atoms with Gasteiger partial charge in [-0.15, -0.1) is 0 Å². The predicted octanol–water partition coefficient (Wildman–Crippen LogP) is 5.96. The summed E-state index contributed by atoms with van der Waals surface area (Å²) in [7, 11) is 2.81. The summed E-state index contributed by atoms with van der Waals surface area (Å²) in [5.74, 6) is 2.32. The molecule has 4 heterocycles. The maximum absolute atomic E-state index is 13.5. The number of piperazine rings is 1. The summed E-state index contributed by atoms with van der Waals surface area (Å²) >= 11 is 3.60. The number of likely N-dealkylation sites (N-methyl/N-ethyl adjacent to an activating group) is 1. The molecule has 0 aliphatic carbocycles. The van der Waals surface area contributed by atoms with Gasteiger partial charge < -0.3 is 34.5 Å². The van der Waals surface area contributed by atoms with Crippen molar-refractivity contribution in [2.75, 3.05) is 89.4 Å². The molecule has 2 saturated heterocycles. The van der Waals surface area contributed by atoms with Crippen molar-refractivity contribution in [3.05, 3.63) is 59.0 Å². The molecule has 2 aliphatic heterocycles. The van der Waals surface area contributed by atoms with E-state index in [1.54, 1.807) is 50.8 Å². The Morgan fingerprint density at radius 3 is 2.37 bits per heavy atom. The average molecular weight is 753 g/mol. The first kappa shape index (κ1) is 35.2. The van der Waals surface area contributed by atoms with Crippen molar-refractivity contribution in [3.8, 4) is 17.2 Å². The number of piperidine rings is 1. The van der Waals surface area contributed by atoms with E-state index in [2.05, 4.69) is 77.5 Å². The van der Waals surface area contributed by atoms with Gasteiger partial charge in [-0.05, 0) is 85.4 Å². The highest BCUT2D eigenvalue weighted by molar-refractivity contribution is 9.10. The number of hydrogen-bond donors (Lipinski definition) is 2. The van der Waals surface area contributed by atoms with E-state index in [0.29, 0.717) is 39.0 Å². The number of methoxy groups -OCH3 is 2. The molecule has 2 N–H and O–H groups in total. The van der Waals surface area contributed by atoms with Crippen LogP contribution in [0.3, 0.4) is 0 Å². The highest BCUT2D eigenvalue weighted by atomic mass is 79.9. The fourth-order valence-electron chi connectivity index (χ4n) is 6.65. The molecule has 262 valence electrons. The smallest absolute Gasteiger partial charge is 0.229 e. The van der Waals surface area contributed by atoms with Gasteiger partial charge in [-0.2, -0.15) is 10.1 Å². The van der Waals surface area contributed by atoms with Gasteiger partial charge in [0.2, 0.25) is 5.95 Å². The van der Waals surface area contributed by atoms with E-state index in [1.165, 1.54) is 37.2 Å². The van der Waals surface area contributed by atoms with Gasteiger partial charge in [-0.3, -0.25) is 4.90 Å². The lowest BCUT2D eigenvalue weighted by Gasteiger charge is -2.43. The van der Waals surface area contributed by atoms with Crippen molar-refractivity contribution < 1.29 is 14.0 Å². The maximum Gasteiger partial charge on any atom is 0.229 e. The van der Waals surface area contributed by atoms with Crippen LogP contribution in [0.25, 0.3) is 5.69 Å². The van der Waals surface area contributed by atoms with Crippen LogP contribution in [0.2, 0.25) is 0 Å². The number of aromatic nitrogens is 4. The zero-order valence-electron chi connectivity index (χ0n) is 29.2. The summed E-state index contributed by atoms with van der Waals surface area (Å²) in [5, 5.41) is 11.8. The zero-order chi connectivity index (χ0) is 34.7. The van der Waals surface area contributed by atoms with E-state index in [1.807, 2.05) is 18.2 Å². The summed E-state index contributed by atoms with van der Waals surface area (Å²) in [6.45, 7) is 12.4. The SMILES string of the molecule is CCc1cc(Nc2ncc(Br)c(Nc3ccc(-n4cc(OC)cn4)cc3P(C)(C)=O)n2)c(OC)cc1N1CCC(N2CCN(C)CC2)CC1. The van der Waals surface area contributed by atoms with Crippen LogP contribution in [0, 0.1) is 0 Å². The monoisotopic (exact) mass is 751 g/mol. The Balaban J connectivity index is 1.21. The second-order valence-electron chi connectivity index (χ2n) is 13.1. The van der Waals surface area contributed by atoms with E-state index in [-0.39, 0.29) is 0 Å². The number of benzene rings is 2. The largest absolute Gasteiger partial charge is 0.494 e. The van der Waals surface area contributed by atoms with Gasteiger partial charge in [0, 0.05) is 68.6 Å². The lowest BCUT2D eigenvalue weighted by molar-refractivity contribution is 0.0982. The summed E-state index contributed by atoms with van der Waals surface area (Å²) in [4.78, 5) is 17.0. The molecule has 49 heavy (non-hydrogen) atoms. The van der Waals surface area contributed by atoms with Gasteiger partial charge in [0.15, 0.2) is 5.75 Å². The molecule has 0 unspecified atom stereocenters. The van der Waals surface area contributed by atoms with Gasteiger partial charge in [-0.25, -0.2) is 9.67 Å². The van der Waals surface area contributed by atoms with Crippen LogP contribution in [0.15, 0.2) is 53.4 Å². The second-order valence-corrected chi connectivity index (χ2v) is 17.1. The van der Waals surface area contributed by atoms with Crippen LogP contribution in [0.5, 0.6) is 11.5 Å². The number of hydrogen-bond acceptors (Lipinski definition) is 11. The molecule has 12 nitrogen and oxygen atoms in total. The number of rotatable bonds is 11. The first-order chi connectivity index (χ1) is 23.6. The zero-order valence-corrected chi connectivity index (χ0v) is 31.7. The van der Waals surface area contributed by atoms with Gasteiger partial charge >= 0.3 is 0 Å². The summed E-state index contributed by atoms with van der Waals surface area (Å²) < 4.78 is 27.0. The first-order valence-electron chi connectivity index (χ1n) is 16.8. The van der Waals surface area contributed by atoms with Crippen LogP contribution in [-0.4, -0.2) is 109 Å². The normalized spacial score (nSPS) is 16.5. The van der Waals surface area contributed by atoms with Crippen molar-refractivity contribution in [1.82, 2.24) is 29.5 Å². The highest BCUT2D eigenvalue weighted by Gasteiger charge is 2.28. The number of nitrogens with one attached hydrogen (secondary N) is 2. The van der Waals surface area contributed by atoms with Crippen LogP contribution < -0.4 is 30.3 Å². The fourth-order valence-corrected chi connectivity index (χ4v) is 8.09. The summed E-state index contributed by atoms with van der Waals surface area (Å²) in [6, 6.07) is 10.7. The lowest BCUT2D eigenvalue weighted by Crippen LogP contribution is -2.52. The van der Waals surface area contributed by atoms with Crippen molar-refractivity contribution >= 4 is 57.2 Å². The molecule has 0 bridgehead atoms. The summed E-state index contributed by atoms with van der Waals surface area (Å²) in [6.07, 6.45) is 8.35. The standard InChI is InChI=1S/C35H47BrN9O3P/c1-7-24-18-30(32(48-4)20-31(24)44-12-10-25(11-13-44)43-16-14-42(2)15-17-43)40-35-37-22-28(36)34(41-35)39-29-9-8-26(19-33(29)49(5,6)46)45-23-27(47-3)21-38-45/h8-9,18-23,25H,7,10-17H2,1-6H3,(H2,37,39,40,41). The fraction of sp³-hybridized carbons (Fsp3) is 0.457. The molecule has 0 amide bonds. The number of nitrogens with zero attached hydrogens (tertiary/aromatic N) is 7. The molecule has 6 rings (SSSR count). The minimum absolute atomic E-state index is 0.407. The molecule has 0 saturated carbocycles. The van der Waals surface area contributed by atoms with Crippen LogP contribution in [-0.2, 0) is 11.0 Å². The van der Waals surface area contributed by atoms with E-state index in [4.69, 9.17) is 14.5 Å². The van der Waals surface area contributed by atoms with Crippen molar-refractivity contribution in [2.45, 2.75) is 32.2 Å². The second kappa shape index (κ2) is 15.1. The molecular formula is C35H47BrN9O3P. The van der Waals surface area contributed by atoms with Gasteiger partial charge in [0.25, 0.3) is 0 Å². The molecule has 14 heteroatoms. The minimum atomic E-state index is -2.71. The number of halogens is 1. The highest BCUT2D eigenvalue weighted by Crippen LogP contribution is 2.40. The molecule has 2 fully saturated rings. The Labute approximate surface area is 297 Å². The van der Waals surface area contributed by atoms with Crippen molar-refractivity contribution in [1.29, 1.82) is 0 Å². The van der Waals surface area contributed by atoms with E-state index < -0.39 is 7.14 Å². The third-order valence-corrected chi connectivity index (χ3v) is 11.6. The maximum atomic E-state index is 13.5. The van der Waals surface area contributed by atoms with Crippen molar-refractivity contribution in [2.24, 2.45) is 0 Å².